The molecule has 0 radical (unpaired) electrons. The molecule has 0 aliphatic heterocycles. The van der Waals surface area contributed by atoms with Crippen LogP contribution in [0.15, 0.2) is 48.6 Å². The second-order valence-electron chi connectivity index (χ2n) is 5.24. The van der Waals surface area contributed by atoms with Gasteiger partial charge in [-0.15, -0.1) is 0 Å². The zero-order valence-electron chi connectivity index (χ0n) is 10.5. The Morgan fingerprint density at radius 2 is 1.12 bits per heavy atom. The van der Waals surface area contributed by atoms with Crippen LogP contribution in [-0.4, -0.2) is 7.11 Å². The van der Waals surface area contributed by atoms with Gasteiger partial charge in [0.05, 0.1) is 0 Å². The van der Waals surface area contributed by atoms with E-state index < -0.39 is 20.7 Å². The summed E-state index contributed by atoms with van der Waals surface area (Å²) in [7, 11) is 1.90. The molecule has 0 saturated carbocycles. The first-order valence-electron chi connectivity index (χ1n) is 5.77. The molecular formula is C14H20OZr. The van der Waals surface area contributed by atoms with Gasteiger partial charge in [0, 0.05) is 0 Å². The maximum absolute atomic E-state index is 6.12. The van der Waals surface area contributed by atoms with Crippen LogP contribution in [0.1, 0.15) is 13.8 Å². The zero-order valence-corrected chi connectivity index (χ0v) is 13.0. The predicted molar refractivity (Wildman–Crippen MR) is 66.2 cm³/mol. The normalized spacial score (nSPS) is 24.5. The molecule has 0 fully saturated rings. The quantitative estimate of drug-likeness (QED) is 0.752. The predicted octanol–water partition coefficient (Wildman–Crippen LogP) is 4.36. The van der Waals surface area contributed by atoms with Crippen molar-refractivity contribution < 1.29 is 23.5 Å². The molecule has 0 unspecified atom stereocenters. The Balaban J connectivity index is 2.48. The summed E-state index contributed by atoms with van der Waals surface area (Å²) >= 11 is -2.81. The van der Waals surface area contributed by atoms with Crippen molar-refractivity contribution in [2.45, 2.75) is 24.7 Å². The van der Waals surface area contributed by atoms with Crippen LogP contribution < -0.4 is 0 Å². The Morgan fingerprint density at radius 1 is 0.812 bits per heavy atom. The molecule has 86 valence electrons. The Morgan fingerprint density at radius 3 is 1.38 bits per heavy atom. The van der Waals surface area contributed by atoms with Crippen LogP contribution in [0.2, 0.25) is 10.9 Å². The summed E-state index contributed by atoms with van der Waals surface area (Å²) in [6.07, 6.45) is 17.9. The summed E-state index contributed by atoms with van der Waals surface area (Å²) in [5.74, 6) is 0. The summed E-state index contributed by atoms with van der Waals surface area (Å²) < 4.78 is 8.81. The Labute approximate surface area is 104 Å². The van der Waals surface area contributed by atoms with Crippen LogP contribution in [0.3, 0.4) is 0 Å². The van der Waals surface area contributed by atoms with Gasteiger partial charge in [-0.3, -0.25) is 0 Å². The fraction of sp³-hybridized carbons (Fsp3) is 0.429. The van der Waals surface area contributed by atoms with Crippen molar-refractivity contribution in [3.05, 3.63) is 48.6 Å². The van der Waals surface area contributed by atoms with Gasteiger partial charge in [-0.05, 0) is 0 Å². The molecule has 0 bridgehead atoms. The van der Waals surface area contributed by atoms with E-state index in [2.05, 4.69) is 67.1 Å². The van der Waals surface area contributed by atoms with Crippen molar-refractivity contribution in [1.29, 1.82) is 0 Å². The SMILES string of the molecule is C[O][Zr]([CH3])([C]1(C)C=CC=C1)[C]1(C)C=CC=C1. The van der Waals surface area contributed by atoms with Gasteiger partial charge in [0.25, 0.3) is 0 Å². The Kier molecular flexibility index (Phi) is 3.01. The van der Waals surface area contributed by atoms with Gasteiger partial charge in [-0.2, -0.15) is 0 Å². The van der Waals surface area contributed by atoms with Gasteiger partial charge in [0.1, 0.15) is 0 Å². The molecule has 0 aromatic rings. The minimum atomic E-state index is -2.81. The Bertz CT molecular complexity index is 343. The van der Waals surface area contributed by atoms with Crippen molar-refractivity contribution in [2.24, 2.45) is 0 Å². The molecule has 0 amide bonds. The summed E-state index contributed by atoms with van der Waals surface area (Å²) in [6.45, 7) is 4.63. The second-order valence-corrected chi connectivity index (χ2v) is 16.6. The average Bonchev–Trinajstić information content (AvgIpc) is 2.88. The van der Waals surface area contributed by atoms with Gasteiger partial charge in [0.2, 0.25) is 0 Å². The molecule has 1 nitrogen and oxygen atoms in total. The molecule has 0 aromatic heterocycles. The van der Waals surface area contributed by atoms with Gasteiger partial charge >= 0.3 is 104 Å². The van der Waals surface area contributed by atoms with Crippen LogP contribution in [0.25, 0.3) is 0 Å². The van der Waals surface area contributed by atoms with E-state index in [1.807, 2.05) is 7.11 Å². The van der Waals surface area contributed by atoms with Gasteiger partial charge in [0.15, 0.2) is 0 Å². The maximum atomic E-state index is 6.12. The van der Waals surface area contributed by atoms with Gasteiger partial charge < -0.3 is 0 Å². The molecule has 2 heteroatoms. The van der Waals surface area contributed by atoms with Crippen molar-refractivity contribution in [3.8, 4) is 0 Å². The van der Waals surface area contributed by atoms with E-state index in [0.29, 0.717) is 0 Å². The van der Waals surface area contributed by atoms with E-state index in [1.165, 1.54) is 0 Å². The molecule has 0 spiro atoms. The molecule has 2 rings (SSSR count). The summed E-state index contributed by atoms with van der Waals surface area (Å²) in [5.41, 5.74) is 0. The van der Waals surface area contributed by atoms with Crippen molar-refractivity contribution >= 4 is 0 Å². The van der Waals surface area contributed by atoms with Crippen molar-refractivity contribution in [2.75, 3.05) is 7.11 Å². The van der Waals surface area contributed by atoms with E-state index in [-0.39, 0.29) is 6.25 Å². The molecule has 16 heavy (non-hydrogen) atoms. The van der Waals surface area contributed by atoms with E-state index in [9.17, 15) is 0 Å². The molecule has 0 atom stereocenters. The molecule has 2 aliphatic rings. The van der Waals surface area contributed by atoms with E-state index in [4.69, 9.17) is 2.81 Å². The third-order valence-corrected chi connectivity index (χ3v) is 18.2. The second kappa shape index (κ2) is 3.93. The number of hydrogen-bond acceptors (Lipinski definition) is 1. The van der Waals surface area contributed by atoms with Crippen molar-refractivity contribution in [1.82, 2.24) is 0 Å². The summed E-state index contributed by atoms with van der Waals surface area (Å²) in [6, 6.07) is 0. The number of allylic oxidation sites excluding steroid dienone is 8. The van der Waals surface area contributed by atoms with Crippen LogP contribution in [0.4, 0.5) is 0 Å². The first kappa shape index (κ1) is 12.3. The van der Waals surface area contributed by atoms with E-state index in [1.54, 1.807) is 0 Å². The van der Waals surface area contributed by atoms with Gasteiger partial charge in [-0.25, -0.2) is 0 Å². The zero-order chi connectivity index (χ0) is 11.9. The summed E-state index contributed by atoms with van der Waals surface area (Å²) in [4.78, 5) is 0. The first-order valence-corrected chi connectivity index (χ1v) is 11.7. The standard InChI is InChI=1S/2C6H7.CH3O.CH3.Zr/c2*1-6-4-2-3-5-6;1-2;;/h2*2-5H,1H3;1H3;1H3;/q;;-1;;+1. The van der Waals surface area contributed by atoms with Crippen LogP contribution in [0.5, 0.6) is 0 Å². The molecule has 0 saturated heterocycles. The van der Waals surface area contributed by atoms with Crippen LogP contribution in [0, 0.1) is 0 Å². The van der Waals surface area contributed by atoms with E-state index >= 15 is 0 Å². The molecular weight excluding hydrogens is 275 g/mol. The fourth-order valence-electron chi connectivity index (χ4n) is 2.79. The fourth-order valence-corrected chi connectivity index (χ4v) is 11.9. The number of rotatable bonds is 3. The molecule has 2 aliphatic carbocycles. The summed E-state index contributed by atoms with van der Waals surface area (Å²) in [5, 5.41) is 0. The van der Waals surface area contributed by atoms with Crippen molar-refractivity contribution in [3.63, 3.8) is 0 Å². The average molecular weight is 296 g/mol. The molecule has 0 heterocycles. The van der Waals surface area contributed by atoms with E-state index in [0.717, 1.165) is 0 Å². The molecule has 0 N–H and O–H groups in total. The minimum absolute atomic E-state index is 0.150. The number of hydrogen-bond donors (Lipinski definition) is 0. The molecule has 0 aromatic carbocycles. The first-order chi connectivity index (χ1) is 7.47. The monoisotopic (exact) mass is 294 g/mol. The third-order valence-electron chi connectivity index (χ3n) is 4.46. The topological polar surface area (TPSA) is 9.23 Å². The van der Waals surface area contributed by atoms with Crippen LogP contribution in [-0.2, 0) is 23.5 Å². The van der Waals surface area contributed by atoms with Gasteiger partial charge in [-0.1, -0.05) is 0 Å². The third kappa shape index (κ3) is 1.50. The van der Waals surface area contributed by atoms with Crippen LogP contribution >= 0.6 is 0 Å². The Hall–Kier alpha value is -0.197.